The number of carbonyl (C=O) groups excluding carboxylic acids is 1. The molecule has 9 nitrogen and oxygen atoms in total. The number of pyridine rings is 1. The Kier molecular flexibility index (Phi) is 7.09. The maximum Gasteiger partial charge on any atom is 0.490 e. The Morgan fingerprint density at radius 2 is 1.69 bits per heavy atom. The fourth-order valence-electron chi connectivity index (χ4n) is 3.84. The van der Waals surface area contributed by atoms with Crippen molar-refractivity contribution in [3.05, 3.63) is 24.2 Å². The van der Waals surface area contributed by atoms with E-state index in [0.717, 1.165) is 50.5 Å². The number of aromatic nitrogens is 3. The molecule has 2 aromatic heterocycles. The molecular weight excluding hydrogens is 429 g/mol. The predicted molar refractivity (Wildman–Crippen MR) is 111 cm³/mol. The van der Waals surface area contributed by atoms with Crippen LogP contribution < -0.4 is 4.90 Å². The van der Waals surface area contributed by atoms with E-state index in [1.807, 2.05) is 9.42 Å². The molecule has 32 heavy (non-hydrogen) atoms. The average molecular weight is 456 g/mol. The van der Waals surface area contributed by atoms with Gasteiger partial charge >= 0.3 is 18.2 Å². The lowest BCUT2D eigenvalue weighted by Gasteiger charge is -2.32. The lowest BCUT2D eigenvalue weighted by Crippen LogP contribution is -2.43. The number of piperidine rings is 1. The van der Waals surface area contributed by atoms with E-state index >= 15 is 0 Å². The van der Waals surface area contributed by atoms with Gasteiger partial charge in [0.15, 0.2) is 11.5 Å². The normalized spacial score (nSPS) is 17.3. The summed E-state index contributed by atoms with van der Waals surface area (Å²) in [5.74, 6) is -1.51. The SMILES string of the molecule is CN(C)C(=O)N1CCC(c2nc3ccc(N4CCCC4)cn3n2)CC1.O=C(O)C(F)(F)F. The van der Waals surface area contributed by atoms with Crippen molar-refractivity contribution < 1.29 is 27.9 Å². The minimum Gasteiger partial charge on any atom is -0.475 e. The number of urea groups is 1. The van der Waals surface area contributed by atoms with Crippen LogP contribution in [0, 0.1) is 0 Å². The molecular formula is C20H27F3N6O3. The number of halogens is 3. The Balaban J connectivity index is 0.000000360. The highest BCUT2D eigenvalue weighted by molar-refractivity contribution is 5.74. The highest BCUT2D eigenvalue weighted by Crippen LogP contribution is 2.27. The molecule has 0 unspecified atom stereocenters. The monoisotopic (exact) mass is 456 g/mol. The number of likely N-dealkylation sites (tertiary alicyclic amines) is 1. The van der Waals surface area contributed by atoms with Crippen LogP contribution in [0.5, 0.6) is 0 Å². The zero-order valence-electron chi connectivity index (χ0n) is 18.0. The maximum atomic E-state index is 12.1. The second-order valence-corrected chi connectivity index (χ2v) is 8.10. The van der Waals surface area contributed by atoms with Crippen LogP contribution in [-0.2, 0) is 4.79 Å². The number of carboxylic acid groups (broad SMARTS) is 1. The van der Waals surface area contributed by atoms with Gasteiger partial charge in [-0.1, -0.05) is 0 Å². The second-order valence-electron chi connectivity index (χ2n) is 8.10. The molecule has 0 aromatic carbocycles. The van der Waals surface area contributed by atoms with Gasteiger partial charge in [0.05, 0.1) is 11.9 Å². The maximum absolute atomic E-state index is 12.1. The van der Waals surface area contributed by atoms with Crippen molar-refractivity contribution in [1.29, 1.82) is 0 Å². The number of alkyl halides is 3. The van der Waals surface area contributed by atoms with E-state index in [4.69, 9.17) is 20.0 Å². The third-order valence-corrected chi connectivity index (χ3v) is 5.56. The number of fused-ring (bicyclic) bond motifs is 1. The minimum atomic E-state index is -5.08. The summed E-state index contributed by atoms with van der Waals surface area (Å²) in [4.78, 5) is 31.6. The third kappa shape index (κ3) is 5.60. The van der Waals surface area contributed by atoms with Gasteiger partial charge in [-0.25, -0.2) is 19.1 Å². The fourth-order valence-corrected chi connectivity index (χ4v) is 3.84. The van der Waals surface area contributed by atoms with Gasteiger partial charge in [-0.3, -0.25) is 0 Å². The molecule has 4 rings (SSSR count). The molecule has 0 saturated carbocycles. The van der Waals surface area contributed by atoms with Crippen molar-refractivity contribution in [2.24, 2.45) is 0 Å². The van der Waals surface area contributed by atoms with Gasteiger partial charge in [0.2, 0.25) is 0 Å². The van der Waals surface area contributed by atoms with Crippen LogP contribution in [0.1, 0.15) is 37.4 Å². The first-order valence-electron chi connectivity index (χ1n) is 10.4. The summed E-state index contributed by atoms with van der Waals surface area (Å²) in [5, 5.41) is 11.9. The summed E-state index contributed by atoms with van der Waals surface area (Å²) in [6, 6.07) is 4.31. The smallest absolute Gasteiger partial charge is 0.475 e. The van der Waals surface area contributed by atoms with Crippen molar-refractivity contribution in [2.45, 2.75) is 37.8 Å². The van der Waals surface area contributed by atoms with Crippen molar-refractivity contribution >= 4 is 23.3 Å². The number of hydrogen-bond acceptors (Lipinski definition) is 5. The number of carboxylic acids is 1. The van der Waals surface area contributed by atoms with Gasteiger partial charge in [0.1, 0.15) is 0 Å². The van der Waals surface area contributed by atoms with Gasteiger partial charge in [-0.15, -0.1) is 0 Å². The largest absolute Gasteiger partial charge is 0.490 e. The van der Waals surface area contributed by atoms with Crippen molar-refractivity contribution in [2.75, 3.05) is 45.2 Å². The number of amides is 2. The van der Waals surface area contributed by atoms with Crippen LogP contribution >= 0.6 is 0 Å². The Morgan fingerprint density at radius 1 is 1.09 bits per heavy atom. The number of aliphatic carboxylic acids is 1. The van der Waals surface area contributed by atoms with Gasteiger partial charge in [0.25, 0.3) is 0 Å². The quantitative estimate of drug-likeness (QED) is 0.747. The molecule has 0 radical (unpaired) electrons. The second kappa shape index (κ2) is 9.61. The van der Waals surface area contributed by atoms with Gasteiger partial charge in [-0.05, 0) is 37.8 Å². The first kappa shape index (κ1) is 23.6. The summed E-state index contributed by atoms with van der Waals surface area (Å²) in [7, 11) is 3.60. The lowest BCUT2D eigenvalue weighted by molar-refractivity contribution is -0.192. The molecule has 2 aliphatic rings. The van der Waals surface area contributed by atoms with E-state index in [1.165, 1.54) is 18.5 Å². The van der Waals surface area contributed by atoms with Gasteiger partial charge < -0.3 is 19.8 Å². The Bertz CT molecular complexity index is 948. The highest BCUT2D eigenvalue weighted by atomic mass is 19.4. The molecule has 2 saturated heterocycles. The van der Waals surface area contributed by atoms with Gasteiger partial charge in [0, 0.05) is 46.2 Å². The molecule has 2 amide bonds. The molecule has 1 N–H and O–H groups in total. The van der Waals surface area contributed by atoms with E-state index in [1.54, 1.807) is 19.0 Å². The zero-order chi connectivity index (χ0) is 23.5. The first-order valence-corrected chi connectivity index (χ1v) is 10.4. The van der Waals surface area contributed by atoms with Crippen molar-refractivity contribution in [3.8, 4) is 0 Å². The van der Waals surface area contributed by atoms with Crippen LogP contribution in [0.15, 0.2) is 18.3 Å². The van der Waals surface area contributed by atoms with Crippen molar-refractivity contribution in [3.63, 3.8) is 0 Å². The fraction of sp³-hybridized carbons (Fsp3) is 0.600. The van der Waals surface area contributed by atoms with E-state index in [2.05, 4.69) is 23.2 Å². The predicted octanol–water partition coefficient (Wildman–Crippen LogP) is 2.82. The van der Waals surface area contributed by atoms with E-state index in [9.17, 15) is 18.0 Å². The highest BCUT2D eigenvalue weighted by Gasteiger charge is 2.38. The molecule has 0 bridgehead atoms. The summed E-state index contributed by atoms with van der Waals surface area (Å²) in [6.45, 7) is 3.81. The summed E-state index contributed by atoms with van der Waals surface area (Å²) >= 11 is 0. The van der Waals surface area contributed by atoms with Crippen LogP contribution in [0.3, 0.4) is 0 Å². The summed E-state index contributed by atoms with van der Waals surface area (Å²) < 4.78 is 33.7. The lowest BCUT2D eigenvalue weighted by atomic mass is 9.96. The molecule has 2 fully saturated rings. The van der Waals surface area contributed by atoms with E-state index in [-0.39, 0.29) is 6.03 Å². The molecule has 0 atom stereocenters. The Morgan fingerprint density at radius 3 is 2.22 bits per heavy atom. The van der Waals surface area contributed by atoms with Gasteiger partial charge in [-0.2, -0.15) is 18.3 Å². The first-order chi connectivity index (χ1) is 15.1. The van der Waals surface area contributed by atoms with Crippen LogP contribution in [0.2, 0.25) is 0 Å². The molecule has 2 aliphatic heterocycles. The van der Waals surface area contributed by atoms with Crippen LogP contribution in [0.25, 0.3) is 5.65 Å². The van der Waals surface area contributed by atoms with Crippen LogP contribution in [0.4, 0.5) is 23.7 Å². The minimum absolute atomic E-state index is 0.0941. The number of anilines is 1. The molecule has 0 aliphatic carbocycles. The topological polar surface area (TPSA) is 94.3 Å². The number of carbonyl (C=O) groups is 2. The van der Waals surface area contributed by atoms with E-state index in [0.29, 0.717) is 5.92 Å². The summed E-state index contributed by atoms with van der Waals surface area (Å²) in [6.07, 6.45) is 1.41. The number of hydrogen-bond donors (Lipinski definition) is 1. The van der Waals surface area contributed by atoms with E-state index < -0.39 is 12.1 Å². The number of rotatable bonds is 2. The number of nitrogens with zero attached hydrogens (tertiary/aromatic N) is 6. The third-order valence-electron chi connectivity index (χ3n) is 5.56. The molecule has 0 spiro atoms. The molecule has 176 valence electrons. The van der Waals surface area contributed by atoms with Crippen LogP contribution in [-0.4, -0.2) is 88.0 Å². The average Bonchev–Trinajstić information content (AvgIpc) is 3.42. The summed E-state index contributed by atoms with van der Waals surface area (Å²) in [5.41, 5.74) is 2.14. The standard InChI is InChI=1S/C18H26N6O.C2HF3O2/c1-21(2)18(25)23-11-7-14(8-12-23)17-19-16-6-5-15(13-24(16)20-17)22-9-3-4-10-22;3-2(4,5)1(6)7/h5-6,13-14H,3-4,7-12H2,1-2H3;(H,6,7). The Labute approximate surface area is 183 Å². The molecule has 4 heterocycles. The zero-order valence-corrected chi connectivity index (χ0v) is 18.0. The van der Waals surface area contributed by atoms with Crippen molar-refractivity contribution in [1.82, 2.24) is 24.4 Å². The molecule has 2 aromatic rings. The Hall–Kier alpha value is -3.05. The molecule has 12 heteroatoms.